The minimum Gasteiger partial charge on any atom is -0.497 e. The Morgan fingerprint density at radius 2 is 2.00 bits per heavy atom. The summed E-state index contributed by atoms with van der Waals surface area (Å²) in [4.78, 5) is 12.4. The van der Waals surface area contributed by atoms with Crippen molar-refractivity contribution in [3.8, 4) is 17.0 Å². The molecule has 3 aromatic rings. The molecule has 1 aromatic heterocycles. The van der Waals surface area contributed by atoms with Crippen LogP contribution in [0, 0.1) is 17.5 Å². The van der Waals surface area contributed by atoms with E-state index in [-0.39, 0.29) is 17.7 Å². The summed E-state index contributed by atoms with van der Waals surface area (Å²) in [5, 5.41) is 9.06. The number of aromatic nitrogens is 2. The van der Waals surface area contributed by atoms with Gasteiger partial charge in [-0.15, -0.1) is 0 Å². The van der Waals surface area contributed by atoms with Crippen LogP contribution in [0.4, 0.5) is 13.2 Å². The molecule has 0 atom stereocenters. The number of nitrogens with one attached hydrogen (secondary N) is 2. The minimum absolute atomic E-state index is 0.163. The van der Waals surface area contributed by atoms with Crippen molar-refractivity contribution >= 4 is 5.91 Å². The predicted molar refractivity (Wildman–Crippen MR) is 88.1 cm³/mol. The van der Waals surface area contributed by atoms with Crippen molar-refractivity contribution < 1.29 is 22.7 Å². The zero-order chi connectivity index (χ0) is 18.7. The van der Waals surface area contributed by atoms with E-state index in [9.17, 15) is 18.0 Å². The van der Waals surface area contributed by atoms with Crippen molar-refractivity contribution in [1.82, 2.24) is 15.5 Å². The van der Waals surface area contributed by atoms with Gasteiger partial charge in [0.2, 0.25) is 0 Å². The van der Waals surface area contributed by atoms with Gasteiger partial charge in [-0.3, -0.25) is 9.89 Å². The van der Waals surface area contributed by atoms with E-state index in [4.69, 9.17) is 4.74 Å². The molecule has 134 valence electrons. The molecule has 5 nitrogen and oxygen atoms in total. The summed E-state index contributed by atoms with van der Waals surface area (Å²) in [7, 11) is 1.52. The lowest BCUT2D eigenvalue weighted by Crippen LogP contribution is -2.23. The van der Waals surface area contributed by atoms with Crippen LogP contribution in [0.25, 0.3) is 11.3 Å². The molecular weight excluding hydrogens is 347 g/mol. The molecule has 0 aliphatic heterocycles. The van der Waals surface area contributed by atoms with E-state index in [0.29, 0.717) is 17.0 Å². The number of nitrogens with zero attached hydrogens (tertiary/aromatic N) is 1. The Labute approximate surface area is 146 Å². The van der Waals surface area contributed by atoms with Gasteiger partial charge in [0.15, 0.2) is 17.5 Å². The van der Waals surface area contributed by atoms with Crippen molar-refractivity contribution in [3.63, 3.8) is 0 Å². The first-order chi connectivity index (χ1) is 12.5. The van der Waals surface area contributed by atoms with Gasteiger partial charge in [-0.2, -0.15) is 5.10 Å². The summed E-state index contributed by atoms with van der Waals surface area (Å²) in [5.74, 6) is -4.12. The second-order valence-corrected chi connectivity index (χ2v) is 5.41. The normalized spacial score (nSPS) is 10.6. The summed E-state index contributed by atoms with van der Waals surface area (Å²) in [6, 6.07) is 8.88. The maximum atomic E-state index is 13.7. The average molecular weight is 361 g/mol. The van der Waals surface area contributed by atoms with Crippen LogP contribution in [0.3, 0.4) is 0 Å². The smallest absolute Gasteiger partial charge is 0.255 e. The Hall–Kier alpha value is -3.29. The second-order valence-electron chi connectivity index (χ2n) is 5.41. The topological polar surface area (TPSA) is 67.0 Å². The van der Waals surface area contributed by atoms with Crippen LogP contribution in [0.2, 0.25) is 0 Å². The van der Waals surface area contributed by atoms with E-state index in [0.717, 1.165) is 12.1 Å². The average Bonchev–Trinajstić information content (AvgIpc) is 3.15. The van der Waals surface area contributed by atoms with Crippen LogP contribution < -0.4 is 10.1 Å². The number of hydrogen-bond donors (Lipinski definition) is 2. The Morgan fingerprint density at radius 1 is 1.19 bits per heavy atom. The molecule has 3 rings (SSSR count). The molecule has 0 bridgehead atoms. The highest BCUT2D eigenvalue weighted by Gasteiger charge is 2.18. The lowest BCUT2D eigenvalue weighted by Gasteiger charge is -2.08. The Balaban J connectivity index is 1.80. The molecule has 2 N–H and O–H groups in total. The molecule has 0 unspecified atom stereocenters. The molecule has 0 aliphatic carbocycles. The lowest BCUT2D eigenvalue weighted by molar-refractivity contribution is 0.0951. The van der Waals surface area contributed by atoms with E-state index in [1.54, 1.807) is 24.3 Å². The molecule has 0 spiro atoms. The zero-order valence-corrected chi connectivity index (χ0v) is 13.6. The number of aromatic amines is 1. The third-order valence-electron chi connectivity index (χ3n) is 3.80. The van der Waals surface area contributed by atoms with Gasteiger partial charge in [-0.1, -0.05) is 18.2 Å². The van der Waals surface area contributed by atoms with Crippen molar-refractivity contribution in [2.75, 3.05) is 7.11 Å². The first-order valence-corrected chi connectivity index (χ1v) is 7.59. The summed E-state index contributed by atoms with van der Waals surface area (Å²) >= 11 is 0. The van der Waals surface area contributed by atoms with E-state index in [1.807, 2.05) is 0 Å². The van der Waals surface area contributed by atoms with Gasteiger partial charge in [-0.25, -0.2) is 13.2 Å². The Bertz CT molecular complexity index is 957. The number of H-pyrrole nitrogens is 1. The van der Waals surface area contributed by atoms with Crippen LogP contribution in [-0.2, 0) is 6.54 Å². The molecule has 26 heavy (non-hydrogen) atoms. The van der Waals surface area contributed by atoms with Gasteiger partial charge >= 0.3 is 0 Å². The predicted octanol–water partition coefficient (Wildman–Crippen LogP) is 3.43. The Kier molecular flexibility index (Phi) is 4.92. The third kappa shape index (κ3) is 3.39. The maximum absolute atomic E-state index is 13.7. The highest BCUT2D eigenvalue weighted by molar-refractivity contribution is 5.99. The summed E-state index contributed by atoms with van der Waals surface area (Å²) in [6.07, 6.45) is 1.33. The van der Waals surface area contributed by atoms with Crippen LogP contribution in [0.15, 0.2) is 42.6 Å². The van der Waals surface area contributed by atoms with Crippen molar-refractivity contribution in [2.45, 2.75) is 6.54 Å². The number of amides is 1. The number of halogens is 3. The first kappa shape index (κ1) is 17.5. The highest BCUT2D eigenvalue weighted by atomic mass is 19.2. The van der Waals surface area contributed by atoms with E-state index < -0.39 is 23.4 Å². The van der Waals surface area contributed by atoms with Gasteiger partial charge in [0, 0.05) is 17.7 Å². The zero-order valence-electron chi connectivity index (χ0n) is 13.6. The first-order valence-electron chi connectivity index (χ1n) is 7.59. The van der Waals surface area contributed by atoms with E-state index >= 15 is 0 Å². The number of ether oxygens (including phenoxy) is 1. The monoisotopic (exact) mass is 361 g/mol. The van der Waals surface area contributed by atoms with Crippen LogP contribution in [0.5, 0.6) is 5.75 Å². The fourth-order valence-corrected chi connectivity index (χ4v) is 2.43. The number of hydrogen-bond acceptors (Lipinski definition) is 3. The molecular formula is C18H14F3N3O2. The van der Waals surface area contributed by atoms with Crippen LogP contribution in [0.1, 0.15) is 15.9 Å². The van der Waals surface area contributed by atoms with Crippen molar-refractivity contribution in [3.05, 3.63) is 71.2 Å². The maximum Gasteiger partial charge on any atom is 0.255 e. The number of carbonyl (C=O) groups is 1. The molecule has 0 radical (unpaired) electrons. The van der Waals surface area contributed by atoms with Crippen molar-refractivity contribution in [2.24, 2.45) is 0 Å². The fraction of sp³-hybridized carbons (Fsp3) is 0.111. The molecule has 0 aliphatic rings. The van der Waals surface area contributed by atoms with Gasteiger partial charge < -0.3 is 10.1 Å². The molecule has 0 saturated heterocycles. The number of methoxy groups -OCH3 is 1. The van der Waals surface area contributed by atoms with Gasteiger partial charge in [0.1, 0.15) is 5.75 Å². The standard InChI is InChI=1S/C18H14F3N3O2/c1-26-12-4-2-3-10(7-12)17-13(9-23-24-17)18(25)22-8-11-5-6-14(19)16(21)15(11)20/h2-7,9H,8H2,1H3,(H,22,25)(H,23,24). The number of carbonyl (C=O) groups excluding carboxylic acids is 1. The van der Waals surface area contributed by atoms with Crippen molar-refractivity contribution in [1.29, 1.82) is 0 Å². The third-order valence-corrected chi connectivity index (χ3v) is 3.80. The van der Waals surface area contributed by atoms with Gasteiger partial charge in [-0.05, 0) is 18.2 Å². The fourth-order valence-electron chi connectivity index (χ4n) is 2.43. The number of benzene rings is 2. The molecule has 0 saturated carbocycles. The van der Waals surface area contributed by atoms with Gasteiger partial charge in [0.25, 0.3) is 5.91 Å². The van der Waals surface area contributed by atoms with Crippen LogP contribution >= 0.6 is 0 Å². The molecule has 2 aromatic carbocycles. The summed E-state index contributed by atoms with van der Waals surface area (Å²) < 4.78 is 45.0. The quantitative estimate of drug-likeness (QED) is 0.684. The SMILES string of the molecule is COc1cccc(-c2[nH]ncc2C(=O)NCc2ccc(F)c(F)c2F)c1. The van der Waals surface area contributed by atoms with E-state index in [1.165, 1.54) is 13.3 Å². The molecule has 1 amide bonds. The molecule has 8 heteroatoms. The van der Waals surface area contributed by atoms with E-state index in [2.05, 4.69) is 15.5 Å². The minimum atomic E-state index is -1.57. The lowest BCUT2D eigenvalue weighted by atomic mass is 10.1. The number of rotatable bonds is 5. The summed E-state index contributed by atoms with van der Waals surface area (Å²) in [6.45, 7) is -0.301. The Morgan fingerprint density at radius 3 is 2.77 bits per heavy atom. The van der Waals surface area contributed by atoms with Gasteiger partial charge in [0.05, 0.1) is 24.6 Å². The second kappa shape index (κ2) is 7.30. The van der Waals surface area contributed by atoms with Crippen LogP contribution in [-0.4, -0.2) is 23.2 Å². The molecule has 1 heterocycles. The highest BCUT2D eigenvalue weighted by Crippen LogP contribution is 2.25. The largest absolute Gasteiger partial charge is 0.497 e. The summed E-state index contributed by atoms with van der Waals surface area (Å²) in [5.41, 5.74) is 1.18. The molecule has 0 fully saturated rings.